The highest BCUT2D eigenvalue weighted by atomic mass is 35.5. The molecule has 2 aromatic rings. The number of rotatable bonds is 4. The summed E-state index contributed by atoms with van der Waals surface area (Å²) in [5, 5.41) is 9.58. The third kappa shape index (κ3) is 6.60. The number of piperazine rings is 1. The summed E-state index contributed by atoms with van der Waals surface area (Å²) in [6, 6.07) is 11.2. The van der Waals surface area contributed by atoms with Gasteiger partial charge in [-0.15, -0.1) is 0 Å². The molecule has 10 nitrogen and oxygen atoms in total. The summed E-state index contributed by atoms with van der Waals surface area (Å²) in [6.07, 6.45) is -0.186. The highest BCUT2D eigenvalue weighted by molar-refractivity contribution is 6.28. The normalized spacial score (nSPS) is 17.6. The zero-order valence-electron chi connectivity index (χ0n) is 21.3. The van der Waals surface area contributed by atoms with Gasteiger partial charge in [-0.05, 0) is 37.9 Å². The van der Waals surface area contributed by atoms with Crippen molar-refractivity contribution in [2.24, 2.45) is 0 Å². The third-order valence-electron chi connectivity index (χ3n) is 6.21. The second-order valence-corrected chi connectivity index (χ2v) is 10.4. The Morgan fingerprint density at radius 3 is 2.59 bits per heavy atom. The molecule has 11 heteroatoms. The Hall–Kier alpha value is -3.58. The molecule has 2 aliphatic heterocycles. The van der Waals surface area contributed by atoms with Gasteiger partial charge in [0.1, 0.15) is 18.0 Å². The zero-order valence-corrected chi connectivity index (χ0v) is 22.1. The third-order valence-corrected chi connectivity index (χ3v) is 6.38. The number of nitrogens with zero attached hydrogens (tertiary/aromatic N) is 6. The Balaban J connectivity index is 1.50. The van der Waals surface area contributed by atoms with E-state index in [9.17, 15) is 14.9 Å². The first-order valence-corrected chi connectivity index (χ1v) is 12.6. The number of carbonyl (C=O) groups is 2. The molecule has 3 heterocycles. The van der Waals surface area contributed by atoms with Crippen molar-refractivity contribution in [1.82, 2.24) is 19.8 Å². The van der Waals surface area contributed by atoms with Crippen molar-refractivity contribution in [3.8, 4) is 6.07 Å². The van der Waals surface area contributed by atoms with Crippen LogP contribution in [0.3, 0.4) is 0 Å². The minimum absolute atomic E-state index is 0.126. The minimum Gasteiger partial charge on any atom is -0.445 e. The summed E-state index contributed by atoms with van der Waals surface area (Å²) < 4.78 is 11.1. The second-order valence-electron chi connectivity index (χ2n) is 10.1. The maximum Gasteiger partial charge on any atom is 0.410 e. The largest absolute Gasteiger partial charge is 0.445 e. The van der Waals surface area contributed by atoms with Crippen LogP contribution < -0.4 is 4.90 Å². The molecular weight excluding hydrogens is 496 g/mol. The standard InChI is InChI=1S/C26H31ClN6O4/c1-26(2,3)37-24(34)32-12-10-21-20(16-32)22(30-23(27)29-21)31-13-14-33(19(15-31)9-11-28)25(35)36-17-18-7-5-4-6-8-18/h4-8,19H,9-10,12-17H2,1-3H3/t19-/m0/s1. The van der Waals surface area contributed by atoms with Crippen LogP contribution >= 0.6 is 11.6 Å². The average Bonchev–Trinajstić information content (AvgIpc) is 2.86. The molecule has 0 spiro atoms. The van der Waals surface area contributed by atoms with Crippen molar-refractivity contribution in [3.63, 3.8) is 0 Å². The van der Waals surface area contributed by atoms with Crippen molar-refractivity contribution in [2.45, 2.75) is 58.4 Å². The van der Waals surface area contributed by atoms with Gasteiger partial charge in [-0.3, -0.25) is 0 Å². The molecular formula is C26H31ClN6O4. The number of fused-ring (bicyclic) bond motifs is 1. The Morgan fingerprint density at radius 1 is 1.14 bits per heavy atom. The molecule has 2 aliphatic rings. The second kappa shape index (κ2) is 11.2. The monoisotopic (exact) mass is 526 g/mol. The number of ether oxygens (including phenoxy) is 2. The molecule has 1 aromatic heterocycles. The van der Waals surface area contributed by atoms with Gasteiger partial charge in [0.25, 0.3) is 0 Å². The number of carbonyl (C=O) groups excluding carboxylic acids is 2. The average molecular weight is 527 g/mol. The highest BCUT2D eigenvalue weighted by Gasteiger charge is 2.35. The number of benzene rings is 1. The first-order chi connectivity index (χ1) is 17.6. The predicted molar refractivity (Wildman–Crippen MR) is 137 cm³/mol. The Labute approximate surface area is 221 Å². The van der Waals surface area contributed by atoms with Crippen LogP contribution in [0, 0.1) is 11.3 Å². The van der Waals surface area contributed by atoms with Gasteiger partial charge in [-0.25, -0.2) is 19.6 Å². The van der Waals surface area contributed by atoms with Crippen molar-refractivity contribution in [1.29, 1.82) is 5.26 Å². The molecule has 1 fully saturated rings. The molecule has 1 atom stereocenters. The number of aromatic nitrogens is 2. The molecule has 0 unspecified atom stereocenters. The van der Waals surface area contributed by atoms with E-state index in [0.717, 1.165) is 16.8 Å². The lowest BCUT2D eigenvalue weighted by molar-refractivity contribution is 0.0222. The minimum atomic E-state index is -0.605. The quantitative estimate of drug-likeness (QED) is 0.546. The van der Waals surface area contributed by atoms with Gasteiger partial charge in [0, 0.05) is 38.2 Å². The Kier molecular flexibility index (Phi) is 8.03. The molecule has 2 amide bonds. The number of halogens is 1. The fourth-order valence-corrected chi connectivity index (χ4v) is 4.66. The molecule has 0 aliphatic carbocycles. The molecule has 0 N–H and O–H groups in total. The maximum absolute atomic E-state index is 12.9. The van der Waals surface area contributed by atoms with Crippen LogP contribution in [0.1, 0.15) is 44.0 Å². The van der Waals surface area contributed by atoms with Crippen LogP contribution in [-0.2, 0) is 29.0 Å². The van der Waals surface area contributed by atoms with Gasteiger partial charge >= 0.3 is 12.2 Å². The van der Waals surface area contributed by atoms with E-state index in [1.165, 1.54) is 0 Å². The van der Waals surface area contributed by atoms with Crippen LogP contribution in [0.4, 0.5) is 15.4 Å². The summed E-state index contributed by atoms with van der Waals surface area (Å²) in [6.45, 7) is 7.60. The van der Waals surface area contributed by atoms with E-state index in [1.807, 2.05) is 56.0 Å². The van der Waals surface area contributed by atoms with E-state index in [2.05, 4.69) is 16.0 Å². The Morgan fingerprint density at radius 2 is 1.89 bits per heavy atom. The summed E-state index contributed by atoms with van der Waals surface area (Å²) >= 11 is 6.27. The van der Waals surface area contributed by atoms with Crippen molar-refractivity contribution in [2.75, 3.05) is 31.1 Å². The molecule has 0 bridgehead atoms. The molecule has 1 saturated heterocycles. The predicted octanol–water partition coefficient (Wildman–Crippen LogP) is 4.16. The summed E-state index contributed by atoms with van der Waals surface area (Å²) in [7, 11) is 0. The molecule has 4 rings (SSSR count). The van der Waals surface area contributed by atoms with Gasteiger partial charge in [0.05, 0.1) is 30.8 Å². The number of amides is 2. The van der Waals surface area contributed by atoms with E-state index in [1.54, 1.807) is 9.80 Å². The van der Waals surface area contributed by atoms with Crippen LogP contribution in [-0.4, -0.2) is 69.8 Å². The smallest absolute Gasteiger partial charge is 0.410 e. The molecule has 1 aromatic carbocycles. The number of hydrogen-bond acceptors (Lipinski definition) is 8. The van der Waals surface area contributed by atoms with Crippen LogP contribution in [0.5, 0.6) is 0 Å². The van der Waals surface area contributed by atoms with Gasteiger partial charge in [0.2, 0.25) is 5.28 Å². The maximum atomic E-state index is 12.9. The zero-order chi connectivity index (χ0) is 26.6. The van der Waals surface area contributed by atoms with Gasteiger partial charge in [0.15, 0.2) is 0 Å². The molecule has 0 saturated carbocycles. The van der Waals surface area contributed by atoms with Gasteiger partial charge < -0.3 is 24.2 Å². The lowest BCUT2D eigenvalue weighted by Crippen LogP contribution is -2.56. The SMILES string of the molecule is CC(C)(C)OC(=O)N1CCc2nc(Cl)nc(N3CCN(C(=O)OCc4ccccc4)[C@@H](CC#N)C3)c2C1. The van der Waals surface area contributed by atoms with Crippen LogP contribution in [0.15, 0.2) is 30.3 Å². The van der Waals surface area contributed by atoms with E-state index < -0.39 is 23.8 Å². The summed E-state index contributed by atoms with van der Waals surface area (Å²) in [4.78, 5) is 39.8. The van der Waals surface area contributed by atoms with Crippen LogP contribution in [0.25, 0.3) is 0 Å². The molecule has 37 heavy (non-hydrogen) atoms. The number of anilines is 1. The number of hydrogen-bond donors (Lipinski definition) is 0. The summed E-state index contributed by atoms with van der Waals surface area (Å²) in [5.74, 6) is 0.614. The van der Waals surface area contributed by atoms with Crippen molar-refractivity contribution in [3.05, 3.63) is 52.4 Å². The first-order valence-electron chi connectivity index (χ1n) is 12.3. The van der Waals surface area contributed by atoms with Crippen molar-refractivity contribution < 1.29 is 19.1 Å². The van der Waals surface area contributed by atoms with E-state index >= 15 is 0 Å². The fourth-order valence-electron chi connectivity index (χ4n) is 4.48. The van der Waals surface area contributed by atoms with Crippen LogP contribution in [0.2, 0.25) is 5.28 Å². The van der Waals surface area contributed by atoms with E-state index in [0.29, 0.717) is 45.0 Å². The fraction of sp³-hybridized carbons (Fsp3) is 0.500. The van der Waals surface area contributed by atoms with E-state index in [4.69, 9.17) is 21.1 Å². The topological polar surface area (TPSA) is 112 Å². The number of nitriles is 1. The Bertz CT molecular complexity index is 1180. The van der Waals surface area contributed by atoms with Gasteiger partial charge in [-0.2, -0.15) is 5.26 Å². The van der Waals surface area contributed by atoms with E-state index in [-0.39, 0.29) is 18.3 Å². The lowest BCUT2D eigenvalue weighted by Gasteiger charge is -2.41. The lowest BCUT2D eigenvalue weighted by atomic mass is 10.0. The first kappa shape index (κ1) is 26.5. The summed E-state index contributed by atoms with van der Waals surface area (Å²) in [5.41, 5.74) is 1.88. The molecule has 0 radical (unpaired) electrons. The van der Waals surface area contributed by atoms with Gasteiger partial charge in [-0.1, -0.05) is 30.3 Å². The van der Waals surface area contributed by atoms with Crippen molar-refractivity contribution >= 4 is 29.6 Å². The highest BCUT2D eigenvalue weighted by Crippen LogP contribution is 2.31. The molecule has 196 valence electrons.